The molecule has 0 aliphatic carbocycles. The van der Waals surface area contributed by atoms with Gasteiger partial charge < -0.3 is 5.73 Å². The molecule has 0 saturated carbocycles. The van der Waals surface area contributed by atoms with E-state index in [2.05, 4.69) is 4.98 Å². The van der Waals surface area contributed by atoms with E-state index in [1.165, 1.54) is 18.5 Å². The molecule has 0 bridgehead atoms. The van der Waals surface area contributed by atoms with E-state index in [-0.39, 0.29) is 10.6 Å². The highest BCUT2D eigenvalue weighted by Crippen LogP contribution is 2.33. The van der Waals surface area contributed by atoms with Gasteiger partial charge in [-0.25, -0.2) is 4.39 Å². The summed E-state index contributed by atoms with van der Waals surface area (Å²) in [7, 11) is 0. The fraction of sp³-hybridized carbons (Fsp3) is 0.154. The van der Waals surface area contributed by atoms with Crippen LogP contribution in [-0.2, 0) is 6.18 Å². The number of benzene rings is 1. The Morgan fingerprint density at radius 2 is 1.90 bits per heavy atom. The highest BCUT2D eigenvalue weighted by atomic mass is 35.5. The van der Waals surface area contributed by atoms with E-state index in [0.29, 0.717) is 11.6 Å². The summed E-state index contributed by atoms with van der Waals surface area (Å²) in [6, 6.07) is 3.27. The number of nitrogens with zero attached hydrogens (tertiary/aromatic N) is 1. The Hall–Kier alpha value is -1.66. The largest absolute Gasteiger partial charge is 0.419 e. The van der Waals surface area contributed by atoms with Gasteiger partial charge in [0.25, 0.3) is 0 Å². The van der Waals surface area contributed by atoms with Gasteiger partial charge in [0.1, 0.15) is 5.82 Å². The molecular weight excluding hydrogens is 296 g/mol. The van der Waals surface area contributed by atoms with E-state index in [1.54, 1.807) is 0 Å². The molecule has 1 atom stereocenters. The van der Waals surface area contributed by atoms with Gasteiger partial charge in [-0.1, -0.05) is 17.7 Å². The van der Waals surface area contributed by atoms with Crippen molar-refractivity contribution >= 4 is 11.6 Å². The number of hydrogen-bond donors (Lipinski definition) is 1. The van der Waals surface area contributed by atoms with Crippen molar-refractivity contribution in [1.82, 2.24) is 4.98 Å². The Kier molecular flexibility index (Phi) is 3.96. The Balaban J connectivity index is 2.40. The second-order valence-corrected chi connectivity index (χ2v) is 4.52. The van der Waals surface area contributed by atoms with E-state index in [4.69, 9.17) is 17.3 Å². The van der Waals surface area contributed by atoms with Crippen LogP contribution in [0.3, 0.4) is 0 Å². The number of aromatic nitrogens is 1. The van der Waals surface area contributed by atoms with Crippen molar-refractivity contribution in [2.75, 3.05) is 0 Å². The monoisotopic (exact) mass is 304 g/mol. The summed E-state index contributed by atoms with van der Waals surface area (Å²) < 4.78 is 50.9. The standard InChI is InChI=1S/C13H9ClF4N2/c14-10-6-20-4-3-8(10)12(19)7-1-2-9(11(15)5-7)13(16,17)18/h1-6,12H,19H2. The third-order valence-corrected chi connectivity index (χ3v) is 3.11. The number of nitrogens with two attached hydrogens (primary N) is 1. The summed E-state index contributed by atoms with van der Waals surface area (Å²) in [5.74, 6) is -1.37. The number of halogens is 5. The molecule has 2 rings (SSSR count). The number of alkyl halides is 3. The van der Waals surface area contributed by atoms with Gasteiger partial charge in [0.2, 0.25) is 0 Å². The van der Waals surface area contributed by atoms with Crippen LogP contribution in [-0.4, -0.2) is 4.98 Å². The number of hydrogen-bond acceptors (Lipinski definition) is 2. The molecule has 1 heterocycles. The number of rotatable bonds is 2. The first-order chi connectivity index (χ1) is 9.30. The lowest BCUT2D eigenvalue weighted by molar-refractivity contribution is -0.140. The molecule has 1 aromatic heterocycles. The minimum Gasteiger partial charge on any atom is -0.320 e. The van der Waals surface area contributed by atoms with Crippen LogP contribution < -0.4 is 5.73 Å². The van der Waals surface area contributed by atoms with Crippen LogP contribution in [0.2, 0.25) is 5.02 Å². The molecule has 0 spiro atoms. The van der Waals surface area contributed by atoms with Crippen molar-refractivity contribution < 1.29 is 17.6 Å². The first-order valence-corrected chi connectivity index (χ1v) is 5.90. The van der Waals surface area contributed by atoms with E-state index in [1.807, 2.05) is 0 Å². The molecule has 0 fully saturated rings. The normalized spacial score (nSPS) is 13.3. The van der Waals surface area contributed by atoms with Crippen LogP contribution in [0.25, 0.3) is 0 Å². The third kappa shape index (κ3) is 2.91. The topological polar surface area (TPSA) is 38.9 Å². The van der Waals surface area contributed by atoms with E-state index in [0.717, 1.165) is 12.1 Å². The highest BCUT2D eigenvalue weighted by Gasteiger charge is 2.34. The molecule has 0 aliphatic heterocycles. The molecule has 1 aromatic carbocycles. The van der Waals surface area contributed by atoms with E-state index < -0.39 is 23.6 Å². The molecule has 7 heteroatoms. The minimum atomic E-state index is -4.74. The first kappa shape index (κ1) is 14.7. The summed E-state index contributed by atoms with van der Waals surface area (Å²) >= 11 is 5.90. The van der Waals surface area contributed by atoms with Gasteiger partial charge in [0.05, 0.1) is 16.6 Å². The van der Waals surface area contributed by atoms with Gasteiger partial charge in [-0.05, 0) is 29.3 Å². The van der Waals surface area contributed by atoms with Crippen molar-refractivity contribution in [2.24, 2.45) is 5.73 Å². The van der Waals surface area contributed by atoms with Crippen molar-refractivity contribution in [3.8, 4) is 0 Å². The van der Waals surface area contributed by atoms with Crippen molar-refractivity contribution in [3.05, 3.63) is 64.2 Å². The van der Waals surface area contributed by atoms with Gasteiger partial charge in [-0.2, -0.15) is 13.2 Å². The van der Waals surface area contributed by atoms with Crippen LogP contribution in [0.4, 0.5) is 17.6 Å². The average Bonchev–Trinajstić information content (AvgIpc) is 2.37. The predicted molar refractivity (Wildman–Crippen MR) is 66.7 cm³/mol. The Labute approximate surface area is 117 Å². The van der Waals surface area contributed by atoms with E-state index in [9.17, 15) is 17.6 Å². The maximum absolute atomic E-state index is 13.5. The molecule has 2 aromatic rings. The maximum atomic E-state index is 13.5. The molecule has 2 N–H and O–H groups in total. The van der Waals surface area contributed by atoms with Gasteiger partial charge in [-0.3, -0.25) is 4.98 Å². The molecule has 106 valence electrons. The zero-order chi connectivity index (χ0) is 14.9. The Bertz CT molecular complexity index is 628. The molecule has 2 nitrogen and oxygen atoms in total. The summed E-state index contributed by atoms with van der Waals surface area (Å²) in [5, 5.41) is 0.264. The summed E-state index contributed by atoms with van der Waals surface area (Å²) in [6.07, 6.45) is -1.93. The maximum Gasteiger partial charge on any atom is 0.419 e. The van der Waals surface area contributed by atoms with Crippen LogP contribution in [0, 0.1) is 5.82 Å². The average molecular weight is 305 g/mol. The molecule has 0 radical (unpaired) electrons. The predicted octanol–water partition coefficient (Wildman–Crippen LogP) is 3.94. The molecule has 20 heavy (non-hydrogen) atoms. The third-order valence-electron chi connectivity index (χ3n) is 2.80. The zero-order valence-corrected chi connectivity index (χ0v) is 10.7. The second kappa shape index (κ2) is 5.38. The van der Waals surface area contributed by atoms with Crippen LogP contribution in [0.1, 0.15) is 22.7 Å². The molecule has 0 aliphatic rings. The van der Waals surface area contributed by atoms with Crippen molar-refractivity contribution in [2.45, 2.75) is 12.2 Å². The minimum absolute atomic E-state index is 0.198. The quantitative estimate of drug-likeness (QED) is 0.854. The lowest BCUT2D eigenvalue weighted by atomic mass is 9.99. The van der Waals surface area contributed by atoms with Gasteiger partial charge in [-0.15, -0.1) is 0 Å². The van der Waals surface area contributed by atoms with Gasteiger partial charge >= 0.3 is 6.18 Å². The number of pyridine rings is 1. The SMILES string of the molecule is NC(c1ccc(C(F)(F)F)c(F)c1)c1ccncc1Cl. The highest BCUT2D eigenvalue weighted by molar-refractivity contribution is 6.31. The summed E-state index contributed by atoms with van der Waals surface area (Å²) in [4.78, 5) is 3.77. The van der Waals surface area contributed by atoms with Crippen LogP contribution in [0.15, 0.2) is 36.7 Å². The van der Waals surface area contributed by atoms with Gasteiger partial charge in [0.15, 0.2) is 0 Å². The van der Waals surface area contributed by atoms with Crippen molar-refractivity contribution in [3.63, 3.8) is 0 Å². The molecular formula is C13H9ClF4N2. The van der Waals surface area contributed by atoms with Crippen molar-refractivity contribution in [1.29, 1.82) is 0 Å². The Morgan fingerprint density at radius 1 is 1.20 bits per heavy atom. The second-order valence-electron chi connectivity index (χ2n) is 4.11. The first-order valence-electron chi connectivity index (χ1n) is 5.52. The summed E-state index contributed by atoms with van der Waals surface area (Å²) in [5.41, 5.74) is 5.22. The molecule has 0 saturated heterocycles. The lowest BCUT2D eigenvalue weighted by Crippen LogP contribution is -2.15. The molecule has 0 amide bonds. The fourth-order valence-corrected chi connectivity index (χ4v) is 2.01. The van der Waals surface area contributed by atoms with Crippen LogP contribution >= 0.6 is 11.6 Å². The van der Waals surface area contributed by atoms with E-state index >= 15 is 0 Å². The smallest absolute Gasteiger partial charge is 0.320 e. The Morgan fingerprint density at radius 3 is 2.45 bits per heavy atom. The summed E-state index contributed by atoms with van der Waals surface area (Å²) in [6.45, 7) is 0. The zero-order valence-electron chi connectivity index (χ0n) is 9.96. The van der Waals surface area contributed by atoms with Crippen LogP contribution in [0.5, 0.6) is 0 Å². The fourth-order valence-electron chi connectivity index (χ4n) is 1.77. The van der Waals surface area contributed by atoms with Gasteiger partial charge in [0, 0.05) is 12.4 Å². The lowest BCUT2D eigenvalue weighted by Gasteiger charge is -2.15. The molecule has 1 unspecified atom stereocenters.